The topological polar surface area (TPSA) is 76.4 Å². The Hall–Kier alpha value is -3.55. The Morgan fingerprint density at radius 3 is 2.56 bits per heavy atom. The number of allylic oxidation sites excluding steroid dienone is 3. The summed E-state index contributed by atoms with van der Waals surface area (Å²) in [6.45, 7) is 1.61. The summed E-state index contributed by atoms with van der Waals surface area (Å²) in [5.41, 5.74) is 8.15. The third kappa shape index (κ3) is 4.08. The van der Waals surface area contributed by atoms with E-state index < -0.39 is 33.1 Å². The van der Waals surface area contributed by atoms with Crippen molar-refractivity contribution in [1.82, 2.24) is 9.73 Å². The molecule has 2 aromatic carbocycles. The second kappa shape index (κ2) is 9.15. The molecule has 2 aliphatic carbocycles. The number of anilines is 1. The first-order valence-corrected chi connectivity index (χ1v) is 12.9. The van der Waals surface area contributed by atoms with E-state index in [1.54, 1.807) is 12.1 Å². The lowest BCUT2D eigenvalue weighted by molar-refractivity contribution is 0.378. The zero-order valence-corrected chi connectivity index (χ0v) is 20.2. The summed E-state index contributed by atoms with van der Waals surface area (Å²) in [4.78, 5) is -0.650. The number of benzene rings is 2. The maximum absolute atomic E-state index is 14.4. The smallest absolute Gasteiger partial charge is 0.246 e. The van der Waals surface area contributed by atoms with Crippen LogP contribution < -0.4 is 10.4 Å². The highest BCUT2D eigenvalue weighted by atomic mass is 32.2. The zero-order chi connectivity index (χ0) is 25.6. The van der Waals surface area contributed by atoms with Gasteiger partial charge >= 0.3 is 0 Å². The zero-order valence-electron chi connectivity index (χ0n) is 19.4. The van der Waals surface area contributed by atoms with E-state index in [2.05, 4.69) is 11.5 Å². The van der Waals surface area contributed by atoms with Gasteiger partial charge in [0.15, 0.2) is 0 Å². The summed E-state index contributed by atoms with van der Waals surface area (Å²) in [7, 11) is -4.35. The molecule has 6 nitrogen and oxygen atoms in total. The third-order valence-electron chi connectivity index (χ3n) is 6.97. The van der Waals surface area contributed by atoms with Crippen LogP contribution in [0.5, 0.6) is 0 Å². The number of rotatable bonds is 6. The molecule has 1 N–H and O–H groups in total. The number of nitriles is 1. The van der Waals surface area contributed by atoms with Crippen LogP contribution in [0.2, 0.25) is 0 Å². The Kier molecular flexibility index (Phi) is 6.14. The molecule has 0 saturated heterocycles. The van der Waals surface area contributed by atoms with Crippen molar-refractivity contribution in [3.05, 3.63) is 94.6 Å². The number of nitrogens with one attached hydrogen (secondary N) is 1. The molecule has 0 fully saturated rings. The largest absolute Gasteiger partial charge is 0.301 e. The number of hydrogen-bond donors (Lipinski definition) is 1. The van der Waals surface area contributed by atoms with Crippen LogP contribution >= 0.6 is 0 Å². The van der Waals surface area contributed by atoms with Crippen molar-refractivity contribution in [2.24, 2.45) is 11.8 Å². The van der Waals surface area contributed by atoms with Crippen LogP contribution in [-0.4, -0.2) is 25.8 Å². The highest BCUT2D eigenvalue weighted by Crippen LogP contribution is 2.48. The summed E-state index contributed by atoms with van der Waals surface area (Å²) >= 11 is 0. The Bertz CT molecular complexity index is 1460. The van der Waals surface area contributed by atoms with E-state index in [4.69, 9.17) is 0 Å². The highest BCUT2D eigenvalue weighted by molar-refractivity contribution is 7.89. The maximum Gasteiger partial charge on any atom is 0.246 e. The van der Waals surface area contributed by atoms with Gasteiger partial charge in [-0.1, -0.05) is 12.5 Å². The van der Waals surface area contributed by atoms with Gasteiger partial charge in [0.05, 0.1) is 17.5 Å². The lowest BCUT2D eigenvalue weighted by atomic mass is 9.80. The van der Waals surface area contributed by atoms with E-state index in [9.17, 15) is 26.9 Å². The van der Waals surface area contributed by atoms with E-state index in [0.717, 1.165) is 51.0 Å². The average molecular weight is 513 g/mol. The van der Waals surface area contributed by atoms with Gasteiger partial charge < -0.3 is 5.43 Å². The highest BCUT2D eigenvalue weighted by Gasteiger charge is 2.40. The predicted molar refractivity (Wildman–Crippen MR) is 128 cm³/mol. The summed E-state index contributed by atoms with van der Waals surface area (Å²) in [6.07, 6.45) is 5.35. The number of fused-ring (bicyclic) bond motifs is 1. The molecule has 0 saturated carbocycles. The fourth-order valence-electron chi connectivity index (χ4n) is 5.30. The minimum absolute atomic E-state index is 0.0153. The number of sulfonamides is 1. The molecule has 10 heteroatoms. The van der Waals surface area contributed by atoms with Gasteiger partial charge in [-0.2, -0.15) is 9.57 Å². The fourth-order valence-corrected chi connectivity index (χ4v) is 6.73. The summed E-state index contributed by atoms with van der Waals surface area (Å²) in [5.74, 6) is -2.58. The second-order valence-electron chi connectivity index (χ2n) is 9.04. The van der Waals surface area contributed by atoms with Crippen molar-refractivity contribution in [2.75, 3.05) is 18.1 Å². The molecule has 0 amide bonds. The number of nitrogens with zero attached hydrogens (tertiary/aromatic N) is 3. The first-order valence-electron chi connectivity index (χ1n) is 11.5. The van der Waals surface area contributed by atoms with Gasteiger partial charge in [-0.15, -0.1) is 0 Å². The Balaban J connectivity index is 1.45. The van der Waals surface area contributed by atoms with Crippen LogP contribution in [0.3, 0.4) is 0 Å². The molecule has 2 aromatic rings. The van der Waals surface area contributed by atoms with Crippen LogP contribution in [0, 0.1) is 40.6 Å². The van der Waals surface area contributed by atoms with Crippen LogP contribution in [0.1, 0.15) is 19.8 Å². The Morgan fingerprint density at radius 1 is 1.14 bits per heavy atom. The van der Waals surface area contributed by atoms with E-state index in [-0.39, 0.29) is 24.2 Å². The van der Waals surface area contributed by atoms with Gasteiger partial charge in [0.1, 0.15) is 28.9 Å². The van der Waals surface area contributed by atoms with Gasteiger partial charge in [-0.3, -0.25) is 5.01 Å². The van der Waals surface area contributed by atoms with Gasteiger partial charge in [0.25, 0.3) is 0 Å². The molecule has 0 bridgehead atoms. The molecule has 3 aliphatic rings. The summed E-state index contributed by atoms with van der Waals surface area (Å²) < 4.78 is 68.5. The minimum atomic E-state index is -4.35. The molecule has 0 radical (unpaired) electrons. The first kappa shape index (κ1) is 24.2. The lowest BCUT2D eigenvalue weighted by Gasteiger charge is -2.31. The molecule has 0 unspecified atom stereocenters. The van der Waals surface area contributed by atoms with E-state index in [0.29, 0.717) is 12.5 Å². The predicted octanol–water partition coefficient (Wildman–Crippen LogP) is 4.77. The maximum atomic E-state index is 14.4. The lowest BCUT2D eigenvalue weighted by Crippen LogP contribution is -2.37. The van der Waals surface area contributed by atoms with E-state index in [1.165, 1.54) is 12.1 Å². The van der Waals surface area contributed by atoms with Crippen molar-refractivity contribution in [1.29, 1.82) is 5.26 Å². The van der Waals surface area contributed by atoms with E-state index in [1.807, 2.05) is 24.2 Å². The van der Waals surface area contributed by atoms with Crippen LogP contribution in [-0.2, 0) is 10.0 Å². The molecule has 36 heavy (non-hydrogen) atoms. The van der Waals surface area contributed by atoms with Crippen molar-refractivity contribution >= 4 is 15.7 Å². The van der Waals surface area contributed by atoms with Gasteiger partial charge in [-0.05, 0) is 66.8 Å². The monoisotopic (exact) mass is 512 g/mol. The fraction of sp³-hybridized carbons (Fsp3) is 0.269. The third-order valence-corrected chi connectivity index (χ3v) is 8.82. The quantitative estimate of drug-likeness (QED) is 0.565. The van der Waals surface area contributed by atoms with E-state index >= 15 is 0 Å². The summed E-state index contributed by atoms with van der Waals surface area (Å²) in [6, 6.07) is 10.3. The number of hydrogen-bond acceptors (Lipinski definition) is 5. The van der Waals surface area contributed by atoms with Crippen molar-refractivity contribution in [3.8, 4) is 6.07 Å². The first-order chi connectivity index (χ1) is 17.2. The molecule has 0 spiro atoms. The van der Waals surface area contributed by atoms with Crippen LogP contribution in [0.4, 0.5) is 18.9 Å². The standard InChI is InChI=1S/C26H23F3N4O2S/c1-16-22-14-31-33(21-7-4-19(27)5-8-21)24(22)12-17-2-3-18(26(16)17)15-32(11-10-30)36(34,35)25-9-6-20(28)13-23(25)29/h4-9,12-14,16,18,31H,2-3,11,15H2,1H3/t16-,18+/m0/s1. The van der Waals surface area contributed by atoms with Crippen molar-refractivity contribution in [2.45, 2.75) is 24.7 Å². The molecule has 2 atom stereocenters. The molecule has 0 aromatic heterocycles. The molecule has 186 valence electrons. The number of hydrazine groups is 1. The second-order valence-corrected chi connectivity index (χ2v) is 10.9. The van der Waals surface area contributed by atoms with Gasteiger partial charge in [-0.25, -0.2) is 21.6 Å². The minimum Gasteiger partial charge on any atom is -0.301 e. The molecular formula is C26H23F3N4O2S. The van der Waals surface area contributed by atoms with Crippen LogP contribution in [0.15, 0.2) is 82.1 Å². The van der Waals surface area contributed by atoms with Crippen molar-refractivity contribution < 1.29 is 21.6 Å². The normalized spacial score (nSPS) is 21.1. The Labute approximate surface area is 207 Å². The van der Waals surface area contributed by atoms with Crippen molar-refractivity contribution in [3.63, 3.8) is 0 Å². The number of halogens is 3. The molecule has 5 rings (SSSR count). The molecule has 1 heterocycles. The van der Waals surface area contributed by atoms with Gasteiger partial charge in [0, 0.05) is 30.3 Å². The van der Waals surface area contributed by atoms with Gasteiger partial charge in [0.2, 0.25) is 10.0 Å². The summed E-state index contributed by atoms with van der Waals surface area (Å²) in [5, 5.41) is 11.2. The average Bonchev–Trinajstić information content (AvgIpc) is 3.44. The Morgan fingerprint density at radius 2 is 1.86 bits per heavy atom. The van der Waals surface area contributed by atoms with Crippen LogP contribution in [0.25, 0.3) is 0 Å². The SMILES string of the molecule is C[C@H]1C2=CNN(c3ccc(F)cc3)C2=CC2=C1[C@@H](CN(CC#N)S(=O)(=O)c1ccc(F)cc1F)CC2. The molecular weight excluding hydrogens is 489 g/mol. The molecule has 1 aliphatic heterocycles.